The summed E-state index contributed by atoms with van der Waals surface area (Å²) in [4.78, 5) is 52.6. The topological polar surface area (TPSA) is 160 Å². The van der Waals surface area contributed by atoms with Crippen molar-refractivity contribution in [3.8, 4) is 22.2 Å². The number of amides is 4. The zero-order valence-electron chi connectivity index (χ0n) is 30.0. The Hall–Kier alpha value is -4.42. The van der Waals surface area contributed by atoms with E-state index in [0.29, 0.717) is 31.2 Å². The molecule has 0 radical (unpaired) electrons. The van der Waals surface area contributed by atoms with E-state index in [9.17, 15) is 36.0 Å². The number of nitrogens with zero attached hydrogens (tertiary/aromatic N) is 4. The number of rotatable bonds is 15. The van der Waals surface area contributed by atoms with E-state index in [0.717, 1.165) is 29.6 Å². The largest absolute Gasteiger partial charge is 0.495 e. The lowest BCUT2D eigenvalue weighted by Gasteiger charge is -2.29. The van der Waals surface area contributed by atoms with E-state index in [1.807, 2.05) is 0 Å². The number of aromatic nitrogens is 2. The van der Waals surface area contributed by atoms with E-state index < -0.39 is 62.7 Å². The van der Waals surface area contributed by atoms with Crippen LogP contribution in [0.2, 0.25) is 5.02 Å². The van der Waals surface area contributed by atoms with Gasteiger partial charge >= 0.3 is 12.2 Å². The highest BCUT2D eigenvalue weighted by molar-refractivity contribution is 7.91. The van der Waals surface area contributed by atoms with Gasteiger partial charge in [0.1, 0.15) is 44.9 Å². The Balaban J connectivity index is 1.31. The van der Waals surface area contributed by atoms with Gasteiger partial charge in [-0.1, -0.05) is 23.8 Å². The molecule has 3 aromatic rings. The van der Waals surface area contributed by atoms with E-state index in [1.54, 1.807) is 25.3 Å². The van der Waals surface area contributed by atoms with Gasteiger partial charge in [0.2, 0.25) is 15.9 Å². The number of likely N-dealkylation sites (N-methyl/N-ethyl adjacent to an activating group) is 1. The summed E-state index contributed by atoms with van der Waals surface area (Å²) >= 11 is 7.37. The third kappa shape index (κ3) is 8.40. The number of allylic oxidation sites excluding steroid dienone is 1. The van der Waals surface area contributed by atoms with E-state index in [4.69, 9.17) is 21.1 Å². The molecule has 2 aromatic heterocycles. The Morgan fingerprint density at radius 1 is 1.18 bits per heavy atom. The Morgan fingerprint density at radius 2 is 1.93 bits per heavy atom. The number of hydrogen-bond donors (Lipinski definition) is 2. The van der Waals surface area contributed by atoms with Crippen LogP contribution in [-0.4, -0.2) is 96.2 Å². The molecule has 2 aliphatic carbocycles. The number of sulfonamides is 1. The number of urea groups is 1. The first-order chi connectivity index (χ1) is 26.0. The summed E-state index contributed by atoms with van der Waals surface area (Å²) in [5.41, 5.74) is -2.49. The first kappa shape index (κ1) is 40.2. The van der Waals surface area contributed by atoms with Gasteiger partial charge in [0.15, 0.2) is 5.69 Å². The molecule has 6 rings (SSSR count). The molecule has 19 heteroatoms. The van der Waals surface area contributed by atoms with Crippen LogP contribution in [0.5, 0.6) is 11.5 Å². The van der Waals surface area contributed by atoms with Crippen LogP contribution in [0.25, 0.3) is 21.6 Å². The molecule has 55 heavy (non-hydrogen) atoms. The van der Waals surface area contributed by atoms with Crippen molar-refractivity contribution in [2.75, 3.05) is 27.2 Å². The monoisotopic (exact) mass is 824 g/mol. The summed E-state index contributed by atoms with van der Waals surface area (Å²) in [6, 6.07) is 2.77. The maximum absolute atomic E-state index is 14.1. The van der Waals surface area contributed by atoms with Crippen LogP contribution in [0.15, 0.2) is 48.9 Å². The second-order valence-corrected chi connectivity index (χ2v) is 17.0. The van der Waals surface area contributed by atoms with Crippen LogP contribution in [0.1, 0.15) is 50.6 Å². The Kier molecular flexibility index (Phi) is 11.4. The number of halogens is 4. The molecule has 3 aliphatic rings. The van der Waals surface area contributed by atoms with Gasteiger partial charge in [-0.05, 0) is 50.7 Å². The molecule has 0 spiro atoms. The molecule has 1 saturated heterocycles. The number of fused-ring (bicyclic) bond motifs is 1. The van der Waals surface area contributed by atoms with Crippen LogP contribution < -0.4 is 19.5 Å². The van der Waals surface area contributed by atoms with Gasteiger partial charge in [-0.2, -0.15) is 13.2 Å². The summed E-state index contributed by atoms with van der Waals surface area (Å²) in [5.74, 6) is -1.42. The van der Waals surface area contributed by atoms with Crippen molar-refractivity contribution in [1.82, 2.24) is 29.8 Å². The molecule has 4 atom stereocenters. The summed E-state index contributed by atoms with van der Waals surface area (Å²) in [7, 11) is -0.913. The number of unbranched alkanes of at least 4 members (excludes halogenated alkanes) is 2. The fourth-order valence-corrected chi connectivity index (χ4v) is 9.03. The van der Waals surface area contributed by atoms with E-state index in [-0.39, 0.29) is 58.0 Å². The van der Waals surface area contributed by atoms with Crippen molar-refractivity contribution in [1.29, 1.82) is 0 Å². The highest BCUT2D eigenvalue weighted by Gasteiger charge is 2.62. The highest BCUT2D eigenvalue weighted by atomic mass is 35.5. The summed E-state index contributed by atoms with van der Waals surface area (Å²) < 4.78 is 79.7. The molecule has 0 bridgehead atoms. The van der Waals surface area contributed by atoms with Crippen molar-refractivity contribution in [2.24, 2.45) is 5.92 Å². The molecule has 2 N–H and O–H groups in total. The van der Waals surface area contributed by atoms with Crippen LogP contribution in [-0.2, 0) is 25.8 Å². The fraction of sp³-hybridized carbons (Fsp3) is 0.472. The minimum absolute atomic E-state index is 0.00189. The predicted molar refractivity (Wildman–Crippen MR) is 200 cm³/mol. The molecule has 1 aromatic carbocycles. The van der Waals surface area contributed by atoms with Crippen LogP contribution in [0.4, 0.5) is 18.0 Å². The number of alkyl halides is 3. The van der Waals surface area contributed by atoms with Crippen LogP contribution >= 0.6 is 22.9 Å². The number of likely N-dealkylation sites (tertiary alicyclic amines) is 1. The maximum atomic E-state index is 14.1. The predicted octanol–water partition coefficient (Wildman–Crippen LogP) is 5.94. The standard InChI is InChI=1S/C36H40ClF3N6O7S2/c1-5-7-8-9-14-45(3)32(47)25-15-21(18-46(25)34(49)43-35(17-20(35)6-2)33(48)44-55(50,51)22-10-11-22)53-27-16-24(31-42-28(19-54-31)36(38,39)40)41-30-23(27)12-13-26(52-4)29(30)37/h5-6,12-13,16,19-22,25H,1-2,7-11,14-15,17-18H2,3-4H3,(H,43,49)(H,44,48)/t20?,21-,25?,35+/m0/s1. The number of pyridine rings is 1. The molecule has 13 nitrogen and oxygen atoms in total. The Labute approximate surface area is 325 Å². The lowest BCUT2D eigenvalue weighted by atomic mass is 10.1. The van der Waals surface area contributed by atoms with E-state index >= 15 is 0 Å². The van der Waals surface area contributed by atoms with Crippen molar-refractivity contribution in [2.45, 2.75) is 74.1 Å². The minimum atomic E-state index is -4.68. The molecular weight excluding hydrogens is 785 g/mol. The Bertz CT molecular complexity index is 2130. The third-order valence-corrected chi connectivity index (χ3v) is 13.0. The quantitative estimate of drug-likeness (QED) is 0.140. The number of carbonyl (C=O) groups is 3. The molecule has 2 unspecified atom stereocenters. The number of nitrogens with one attached hydrogen (secondary N) is 2. The van der Waals surface area contributed by atoms with Crippen molar-refractivity contribution in [3.63, 3.8) is 0 Å². The highest BCUT2D eigenvalue weighted by Crippen LogP contribution is 2.46. The number of methoxy groups -OCH3 is 1. The number of benzene rings is 1. The van der Waals surface area contributed by atoms with Crippen molar-refractivity contribution in [3.05, 3.63) is 59.6 Å². The first-order valence-electron chi connectivity index (χ1n) is 17.5. The fourth-order valence-electron chi connectivity index (χ4n) is 6.60. The molecule has 296 valence electrons. The number of ether oxygens (including phenoxy) is 2. The minimum Gasteiger partial charge on any atom is -0.495 e. The number of carbonyl (C=O) groups excluding carboxylic acids is 3. The zero-order chi connectivity index (χ0) is 39.9. The second kappa shape index (κ2) is 15.6. The van der Waals surface area contributed by atoms with Crippen molar-refractivity contribution < 1.29 is 45.4 Å². The van der Waals surface area contributed by atoms with Crippen LogP contribution in [0.3, 0.4) is 0 Å². The van der Waals surface area contributed by atoms with E-state index in [2.05, 4.69) is 33.2 Å². The van der Waals surface area contributed by atoms with Crippen LogP contribution in [0, 0.1) is 5.92 Å². The number of thiazole rings is 1. The first-order valence-corrected chi connectivity index (χ1v) is 20.3. The smallest absolute Gasteiger partial charge is 0.434 e. The average molecular weight is 825 g/mol. The van der Waals surface area contributed by atoms with Gasteiger partial charge in [-0.25, -0.2) is 23.2 Å². The Morgan fingerprint density at radius 3 is 2.55 bits per heavy atom. The normalized spacial score (nSPS) is 22.2. The van der Waals surface area contributed by atoms with Gasteiger partial charge in [-0.15, -0.1) is 24.5 Å². The van der Waals surface area contributed by atoms with Gasteiger partial charge in [-0.3, -0.25) is 14.3 Å². The lowest BCUT2D eigenvalue weighted by molar-refractivity contribution is -0.140. The molecule has 1 aliphatic heterocycles. The second-order valence-electron chi connectivity index (χ2n) is 13.8. The molecule has 3 fully saturated rings. The van der Waals surface area contributed by atoms with E-state index in [1.165, 1.54) is 29.1 Å². The molecule has 4 amide bonds. The average Bonchev–Trinajstić information content (AvgIpc) is 4.02. The lowest BCUT2D eigenvalue weighted by Crippen LogP contribution is -2.57. The number of hydrogen-bond acceptors (Lipinski definition) is 10. The summed E-state index contributed by atoms with van der Waals surface area (Å²) in [6.07, 6.45) is 0.914. The van der Waals surface area contributed by atoms with Crippen molar-refractivity contribution >= 4 is 61.7 Å². The van der Waals surface area contributed by atoms with Gasteiger partial charge in [0.05, 0.1) is 24.4 Å². The third-order valence-electron chi connectivity index (χ3n) is 9.94. The summed E-state index contributed by atoms with van der Waals surface area (Å²) in [6.45, 7) is 7.70. The van der Waals surface area contributed by atoms with Gasteiger partial charge in [0.25, 0.3) is 5.91 Å². The SMILES string of the molecule is C=CCCCCN(C)C(=O)C1C[C@H](Oc2cc(-c3nc(C(F)(F)F)cs3)nc3c(Cl)c(OC)ccc23)CN1C(=O)N[C@]1(C(=O)NS(=O)(=O)C2CC2)CC1C=C. The maximum Gasteiger partial charge on any atom is 0.434 e. The molecular formula is C36H40ClF3N6O7S2. The molecule has 3 heterocycles. The molecule has 2 saturated carbocycles. The summed E-state index contributed by atoms with van der Waals surface area (Å²) in [5, 5.41) is 3.32. The zero-order valence-corrected chi connectivity index (χ0v) is 32.4. The van der Waals surface area contributed by atoms with Gasteiger partial charge < -0.3 is 24.6 Å². The van der Waals surface area contributed by atoms with Gasteiger partial charge in [0, 0.05) is 42.8 Å².